The van der Waals surface area contributed by atoms with Crippen molar-refractivity contribution in [3.8, 4) is 6.07 Å². The van der Waals surface area contributed by atoms with Crippen molar-refractivity contribution in [1.82, 2.24) is 9.97 Å². The highest BCUT2D eigenvalue weighted by molar-refractivity contribution is 6.06. The number of carbonyl (C=O) groups excluding carboxylic acids is 2. The first-order valence-corrected chi connectivity index (χ1v) is 9.45. The fourth-order valence-corrected chi connectivity index (χ4v) is 2.97. The number of aromatic nitrogens is 2. The summed E-state index contributed by atoms with van der Waals surface area (Å²) in [5.41, 5.74) is 1.46. The van der Waals surface area contributed by atoms with Gasteiger partial charge in [-0.15, -0.1) is 0 Å². The number of furan rings is 1. The number of amides is 1. The van der Waals surface area contributed by atoms with Gasteiger partial charge in [-0.05, 0) is 36.4 Å². The molecule has 0 aliphatic rings. The van der Waals surface area contributed by atoms with Gasteiger partial charge in [0.15, 0.2) is 17.3 Å². The Labute approximate surface area is 181 Å². The number of hydrogen-bond acceptors (Lipinski definition) is 7. The normalized spacial score (nSPS) is 11.5. The van der Waals surface area contributed by atoms with Crippen LogP contribution in [0.15, 0.2) is 77.1 Å². The second-order valence-electron chi connectivity index (χ2n) is 6.59. The quantitative estimate of drug-likeness (QED) is 0.239. The average Bonchev–Trinajstić information content (AvgIpc) is 3.48. The van der Waals surface area contributed by atoms with Crippen molar-refractivity contribution in [3.63, 3.8) is 0 Å². The summed E-state index contributed by atoms with van der Waals surface area (Å²) in [5, 5.41) is 22.4. The van der Waals surface area contributed by atoms with Gasteiger partial charge >= 0.3 is 5.97 Å². The van der Waals surface area contributed by atoms with Crippen LogP contribution in [-0.2, 0) is 4.74 Å². The van der Waals surface area contributed by atoms with Crippen molar-refractivity contribution < 1.29 is 23.8 Å². The summed E-state index contributed by atoms with van der Waals surface area (Å²) in [4.78, 5) is 32.0. The third-order valence-electron chi connectivity index (χ3n) is 4.51. The van der Waals surface area contributed by atoms with Gasteiger partial charge < -0.3 is 24.6 Å². The lowest BCUT2D eigenvalue weighted by Gasteiger charge is -2.10. The fourth-order valence-electron chi connectivity index (χ4n) is 2.97. The Hall–Kier alpha value is -4.84. The molecule has 9 nitrogen and oxygen atoms in total. The first-order valence-electron chi connectivity index (χ1n) is 9.45. The number of ether oxygens (including phenoxy) is 1. The second kappa shape index (κ2) is 8.89. The Morgan fingerprint density at radius 3 is 2.66 bits per heavy atom. The molecule has 0 aliphatic carbocycles. The molecule has 2 heterocycles. The minimum absolute atomic E-state index is 0.0717. The number of hydrogen-bond donors (Lipinski definition) is 3. The summed E-state index contributed by atoms with van der Waals surface area (Å²) in [7, 11) is 0. The molecule has 0 aliphatic heterocycles. The van der Waals surface area contributed by atoms with Crippen molar-refractivity contribution in [3.05, 3.63) is 89.8 Å². The molecular formula is C23H16N4O5. The minimum atomic E-state index is -0.797. The lowest BCUT2D eigenvalue weighted by molar-refractivity contribution is 0.0504. The highest BCUT2D eigenvalue weighted by Gasteiger charge is 2.19. The molecule has 0 spiro atoms. The molecule has 2 aromatic carbocycles. The molecule has 0 fully saturated rings. The molecule has 0 bridgehead atoms. The number of anilines is 1. The topological polar surface area (TPSA) is 141 Å². The lowest BCUT2D eigenvalue weighted by atomic mass is 10.1. The molecule has 4 aromatic rings. The second-order valence-corrected chi connectivity index (χ2v) is 6.59. The van der Waals surface area contributed by atoms with Gasteiger partial charge in [-0.25, -0.2) is 9.78 Å². The molecule has 32 heavy (non-hydrogen) atoms. The van der Waals surface area contributed by atoms with Crippen molar-refractivity contribution in [2.75, 3.05) is 11.9 Å². The summed E-state index contributed by atoms with van der Waals surface area (Å²) >= 11 is 0. The first kappa shape index (κ1) is 20.4. The van der Waals surface area contributed by atoms with Crippen LogP contribution in [0.1, 0.15) is 26.7 Å². The Bertz CT molecular complexity index is 1330. The van der Waals surface area contributed by atoms with Crippen molar-refractivity contribution in [2.24, 2.45) is 0 Å². The molecule has 0 saturated carbocycles. The van der Waals surface area contributed by atoms with E-state index in [9.17, 15) is 20.0 Å². The SMILES string of the molecule is N#CC(=C(O)COC(=O)c1ccccc1NC(=O)c1ccco1)c1nc2ccccc2[nH]1. The summed E-state index contributed by atoms with van der Waals surface area (Å²) in [6.45, 7) is -0.556. The van der Waals surface area contributed by atoms with E-state index in [1.54, 1.807) is 36.4 Å². The number of rotatable bonds is 6. The van der Waals surface area contributed by atoms with Crippen LogP contribution in [0.5, 0.6) is 0 Å². The standard InChI is InChI=1S/C23H16N4O5/c24-12-15(21-25-17-8-3-4-9-18(17)26-21)19(28)13-32-23(30)14-6-1-2-7-16(14)27-22(29)20-10-5-11-31-20/h1-11,28H,13H2,(H,25,26)(H,27,29). The Morgan fingerprint density at radius 1 is 1.12 bits per heavy atom. The van der Waals surface area contributed by atoms with Crippen LogP contribution in [0.4, 0.5) is 5.69 Å². The van der Waals surface area contributed by atoms with Gasteiger partial charge in [0.2, 0.25) is 0 Å². The molecule has 3 N–H and O–H groups in total. The number of nitriles is 1. The van der Waals surface area contributed by atoms with E-state index in [1.165, 1.54) is 24.5 Å². The van der Waals surface area contributed by atoms with Crippen LogP contribution < -0.4 is 5.32 Å². The first-order chi connectivity index (χ1) is 15.6. The zero-order chi connectivity index (χ0) is 22.5. The molecule has 0 radical (unpaired) electrons. The molecule has 2 aromatic heterocycles. The highest BCUT2D eigenvalue weighted by atomic mass is 16.5. The Balaban J connectivity index is 1.50. The number of para-hydroxylation sites is 3. The molecule has 1 amide bonds. The largest absolute Gasteiger partial charge is 0.507 e. The number of aliphatic hydroxyl groups is 1. The highest BCUT2D eigenvalue weighted by Crippen LogP contribution is 2.21. The van der Waals surface area contributed by atoms with Gasteiger partial charge in [0, 0.05) is 0 Å². The van der Waals surface area contributed by atoms with E-state index in [-0.39, 0.29) is 28.4 Å². The molecule has 9 heteroatoms. The average molecular weight is 428 g/mol. The van der Waals surface area contributed by atoms with E-state index < -0.39 is 24.2 Å². The van der Waals surface area contributed by atoms with E-state index in [2.05, 4.69) is 15.3 Å². The third kappa shape index (κ3) is 4.20. The smallest absolute Gasteiger partial charge is 0.340 e. The van der Waals surface area contributed by atoms with Crippen molar-refractivity contribution >= 4 is 34.2 Å². The van der Waals surface area contributed by atoms with Crippen LogP contribution in [0, 0.1) is 11.3 Å². The third-order valence-corrected chi connectivity index (χ3v) is 4.51. The summed E-state index contributed by atoms with van der Waals surface area (Å²) < 4.78 is 10.2. The number of imidazole rings is 1. The molecule has 4 rings (SSSR count). The van der Waals surface area contributed by atoms with Gasteiger partial charge in [0.25, 0.3) is 5.91 Å². The van der Waals surface area contributed by atoms with E-state index in [0.717, 1.165) is 0 Å². The monoisotopic (exact) mass is 428 g/mol. The van der Waals surface area contributed by atoms with Gasteiger partial charge in [0.05, 0.1) is 28.5 Å². The Kier molecular flexibility index (Phi) is 5.68. The van der Waals surface area contributed by atoms with Crippen molar-refractivity contribution in [1.29, 1.82) is 5.26 Å². The number of nitrogens with zero attached hydrogens (tertiary/aromatic N) is 2. The van der Waals surface area contributed by atoms with Crippen molar-refractivity contribution in [2.45, 2.75) is 0 Å². The van der Waals surface area contributed by atoms with Gasteiger partial charge in [-0.3, -0.25) is 4.79 Å². The molecule has 0 saturated heterocycles. The number of aromatic amines is 1. The number of carbonyl (C=O) groups is 2. The summed E-state index contributed by atoms with van der Waals surface area (Å²) in [6, 6.07) is 18.3. The maximum Gasteiger partial charge on any atom is 0.340 e. The number of benzene rings is 2. The molecule has 158 valence electrons. The number of fused-ring (bicyclic) bond motifs is 1. The predicted molar refractivity (Wildman–Crippen MR) is 115 cm³/mol. The van der Waals surface area contributed by atoms with E-state index in [0.29, 0.717) is 11.0 Å². The van der Waals surface area contributed by atoms with Crippen LogP contribution in [-0.4, -0.2) is 33.6 Å². The molecule has 0 unspecified atom stereocenters. The van der Waals surface area contributed by atoms with Crippen LogP contribution >= 0.6 is 0 Å². The van der Waals surface area contributed by atoms with Gasteiger partial charge in [0.1, 0.15) is 18.2 Å². The van der Waals surface area contributed by atoms with Crippen LogP contribution in [0.3, 0.4) is 0 Å². The maximum atomic E-state index is 12.6. The zero-order valence-corrected chi connectivity index (χ0v) is 16.5. The molecular weight excluding hydrogens is 412 g/mol. The van der Waals surface area contributed by atoms with Gasteiger partial charge in [-0.1, -0.05) is 24.3 Å². The van der Waals surface area contributed by atoms with Gasteiger partial charge in [-0.2, -0.15) is 5.26 Å². The number of aliphatic hydroxyl groups excluding tert-OH is 1. The number of allylic oxidation sites excluding steroid dienone is 1. The lowest BCUT2D eigenvalue weighted by Crippen LogP contribution is -2.16. The predicted octanol–water partition coefficient (Wildman–Crippen LogP) is 4.06. The van der Waals surface area contributed by atoms with E-state index in [4.69, 9.17) is 9.15 Å². The van der Waals surface area contributed by atoms with Crippen LogP contribution in [0.25, 0.3) is 16.6 Å². The van der Waals surface area contributed by atoms with E-state index in [1.807, 2.05) is 12.1 Å². The zero-order valence-electron chi connectivity index (χ0n) is 16.5. The fraction of sp³-hybridized carbons (Fsp3) is 0.0435. The van der Waals surface area contributed by atoms with E-state index >= 15 is 0 Å². The number of H-pyrrole nitrogens is 1. The minimum Gasteiger partial charge on any atom is -0.507 e. The maximum absolute atomic E-state index is 12.6. The number of esters is 1. The Morgan fingerprint density at radius 2 is 1.91 bits per heavy atom. The number of nitrogens with one attached hydrogen (secondary N) is 2. The molecule has 0 atom stereocenters. The van der Waals surface area contributed by atoms with Crippen LogP contribution in [0.2, 0.25) is 0 Å². The summed E-state index contributed by atoms with van der Waals surface area (Å²) in [5.74, 6) is -1.55. The summed E-state index contributed by atoms with van der Waals surface area (Å²) in [6.07, 6.45) is 1.36.